The molecule has 5 nitrogen and oxygen atoms in total. The van der Waals surface area contributed by atoms with Crippen LogP contribution in [0, 0.1) is 0 Å². The molecule has 0 amide bonds. The first-order valence-electron chi connectivity index (χ1n) is 5.52. The van der Waals surface area contributed by atoms with Crippen LogP contribution in [-0.4, -0.2) is 15.4 Å². The van der Waals surface area contributed by atoms with Crippen molar-refractivity contribution < 1.29 is 9.53 Å². The zero-order valence-corrected chi connectivity index (χ0v) is 12.3. The maximum absolute atomic E-state index is 11.8. The standard InChI is InChI=1S/C12H7ClN2O3S2/c13-9-2-1-8(20-9)11(17)18-6-7-5-10(16)15-3-4-19-12(15)14-7/h1-5H,6H2. The van der Waals surface area contributed by atoms with Crippen LogP contribution >= 0.6 is 34.3 Å². The van der Waals surface area contributed by atoms with Gasteiger partial charge in [-0.25, -0.2) is 9.78 Å². The first kappa shape index (κ1) is 13.3. The van der Waals surface area contributed by atoms with E-state index in [0.717, 1.165) is 11.3 Å². The van der Waals surface area contributed by atoms with Crippen molar-refractivity contribution in [3.63, 3.8) is 0 Å². The summed E-state index contributed by atoms with van der Waals surface area (Å²) in [4.78, 5) is 28.7. The molecule has 3 aromatic rings. The minimum atomic E-state index is -0.477. The molecule has 0 aliphatic rings. The largest absolute Gasteiger partial charge is 0.455 e. The number of carbonyl (C=O) groups excluding carboxylic acids is 1. The summed E-state index contributed by atoms with van der Waals surface area (Å²) in [6.45, 7) is -0.0437. The Morgan fingerprint density at radius 2 is 2.30 bits per heavy atom. The maximum atomic E-state index is 11.8. The van der Waals surface area contributed by atoms with Crippen LogP contribution < -0.4 is 5.56 Å². The van der Waals surface area contributed by atoms with Crippen LogP contribution in [0.2, 0.25) is 4.34 Å². The van der Waals surface area contributed by atoms with Gasteiger partial charge >= 0.3 is 5.97 Å². The molecule has 0 bridgehead atoms. The Labute approximate surface area is 126 Å². The van der Waals surface area contributed by atoms with Gasteiger partial charge in [-0.05, 0) is 12.1 Å². The maximum Gasteiger partial charge on any atom is 0.348 e. The fourth-order valence-electron chi connectivity index (χ4n) is 1.60. The van der Waals surface area contributed by atoms with Gasteiger partial charge in [0.25, 0.3) is 5.56 Å². The van der Waals surface area contributed by atoms with Gasteiger partial charge < -0.3 is 4.74 Å². The van der Waals surface area contributed by atoms with Crippen LogP contribution in [0.5, 0.6) is 0 Å². The number of thiazole rings is 1. The molecule has 0 saturated carbocycles. The summed E-state index contributed by atoms with van der Waals surface area (Å²) in [6, 6.07) is 4.58. The molecule has 102 valence electrons. The van der Waals surface area contributed by atoms with Crippen LogP contribution in [0.3, 0.4) is 0 Å². The Morgan fingerprint density at radius 3 is 3.05 bits per heavy atom. The van der Waals surface area contributed by atoms with Crippen molar-refractivity contribution in [3.05, 3.63) is 55.0 Å². The lowest BCUT2D eigenvalue weighted by molar-refractivity contribution is 0.0473. The number of rotatable bonds is 3. The smallest absolute Gasteiger partial charge is 0.348 e. The molecule has 0 spiro atoms. The van der Waals surface area contributed by atoms with E-state index in [4.69, 9.17) is 16.3 Å². The highest BCUT2D eigenvalue weighted by Crippen LogP contribution is 2.22. The summed E-state index contributed by atoms with van der Waals surface area (Å²) in [5.74, 6) is -0.477. The summed E-state index contributed by atoms with van der Waals surface area (Å²) in [7, 11) is 0. The Balaban J connectivity index is 1.76. The first-order valence-corrected chi connectivity index (χ1v) is 7.59. The molecule has 0 saturated heterocycles. The second-order valence-corrected chi connectivity index (χ2v) is 6.41. The number of fused-ring (bicyclic) bond motifs is 1. The minimum absolute atomic E-state index is 0.0437. The van der Waals surface area contributed by atoms with Gasteiger partial charge in [0, 0.05) is 17.6 Å². The van der Waals surface area contributed by atoms with Gasteiger partial charge in [-0.15, -0.1) is 22.7 Å². The second-order valence-electron chi connectivity index (χ2n) is 3.82. The molecule has 20 heavy (non-hydrogen) atoms. The van der Waals surface area contributed by atoms with Crippen LogP contribution in [-0.2, 0) is 11.3 Å². The van der Waals surface area contributed by atoms with Gasteiger partial charge in [0.2, 0.25) is 0 Å². The van der Waals surface area contributed by atoms with Gasteiger partial charge in [0.15, 0.2) is 4.96 Å². The monoisotopic (exact) mass is 326 g/mol. The molecule has 0 aliphatic carbocycles. The fourth-order valence-corrected chi connectivity index (χ4v) is 3.27. The molecule has 0 N–H and O–H groups in total. The molecule has 0 unspecified atom stereocenters. The van der Waals surface area contributed by atoms with Crippen LogP contribution in [0.15, 0.2) is 34.6 Å². The van der Waals surface area contributed by atoms with Crippen LogP contribution in [0.25, 0.3) is 4.96 Å². The Hall–Kier alpha value is -1.70. The van der Waals surface area contributed by atoms with E-state index in [1.165, 1.54) is 21.8 Å². The summed E-state index contributed by atoms with van der Waals surface area (Å²) >= 11 is 8.24. The van der Waals surface area contributed by atoms with Crippen molar-refractivity contribution in [2.75, 3.05) is 0 Å². The summed E-state index contributed by atoms with van der Waals surface area (Å²) < 4.78 is 7.08. The predicted octanol–water partition coefficient (Wildman–Crippen LogP) is 2.83. The van der Waals surface area contributed by atoms with E-state index in [2.05, 4.69) is 4.98 Å². The summed E-state index contributed by atoms with van der Waals surface area (Å²) in [6.07, 6.45) is 1.65. The van der Waals surface area contributed by atoms with Gasteiger partial charge in [-0.3, -0.25) is 9.20 Å². The molecule has 0 fully saturated rings. The van der Waals surface area contributed by atoms with Gasteiger partial charge in [-0.2, -0.15) is 0 Å². The van der Waals surface area contributed by atoms with E-state index < -0.39 is 5.97 Å². The van der Waals surface area contributed by atoms with Crippen molar-refractivity contribution in [1.29, 1.82) is 0 Å². The van der Waals surface area contributed by atoms with Gasteiger partial charge in [-0.1, -0.05) is 11.6 Å². The normalized spacial score (nSPS) is 10.8. The lowest BCUT2D eigenvalue weighted by atomic mass is 10.4. The zero-order chi connectivity index (χ0) is 14.1. The summed E-state index contributed by atoms with van der Waals surface area (Å²) in [5.41, 5.74) is 0.231. The number of thiophene rings is 1. The highest BCUT2D eigenvalue weighted by Gasteiger charge is 2.11. The number of hydrogen-bond donors (Lipinski definition) is 0. The first-order chi connectivity index (χ1) is 9.63. The quantitative estimate of drug-likeness (QED) is 0.694. The van der Waals surface area contributed by atoms with E-state index in [-0.39, 0.29) is 12.2 Å². The molecule has 3 aromatic heterocycles. The highest BCUT2D eigenvalue weighted by molar-refractivity contribution is 7.17. The van der Waals surface area contributed by atoms with Gasteiger partial charge in [0.1, 0.15) is 11.5 Å². The third-order valence-electron chi connectivity index (χ3n) is 2.48. The molecule has 0 atom stereocenters. The minimum Gasteiger partial charge on any atom is -0.455 e. The topological polar surface area (TPSA) is 60.7 Å². The number of hydrogen-bond acceptors (Lipinski definition) is 6. The number of halogens is 1. The zero-order valence-electron chi connectivity index (χ0n) is 9.91. The predicted molar refractivity (Wildman–Crippen MR) is 77.8 cm³/mol. The molecular formula is C12H7ClN2O3S2. The van der Waals surface area contributed by atoms with Crippen molar-refractivity contribution in [2.45, 2.75) is 6.61 Å². The lowest BCUT2D eigenvalue weighted by Gasteiger charge is -2.02. The Morgan fingerprint density at radius 1 is 1.45 bits per heavy atom. The molecule has 0 radical (unpaired) electrons. The molecule has 3 heterocycles. The van der Waals surface area contributed by atoms with E-state index >= 15 is 0 Å². The van der Waals surface area contributed by atoms with Crippen LogP contribution in [0.4, 0.5) is 0 Å². The van der Waals surface area contributed by atoms with E-state index in [1.807, 2.05) is 0 Å². The molecule has 3 rings (SSSR count). The fraction of sp³-hybridized carbons (Fsp3) is 0.0833. The second kappa shape index (κ2) is 5.35. The number of nitrogens with zero attached hydrogens (tertiary/aromatic N) is 2. The van der Waals surface area contributed by atoms with Crippen molar-refractivity contribution in [1.82, 2.24) is 9.38 Å². The third-order valence-corrected chi connectivity index (χ3v) is 4.45. The highest BCUT2D eigenvalue weighted by atomic mass is 35.5. The SMILES string of the molecule is O=C(OCc1cc(=O)n2ccsc2n1)c1ccc(Cl)s1. The molecule has 8 heteroatoms. The van der Waals surface area contributed by atoms with E-state index in [1.54, 1.807) is 23.7 Å². The third kappa shape index (κ3) is 2.60. The molecule has 0 aliphatic heterocycles. The number of carbonyl (C=O) groups is 1. The average molecular weight is 327 g/mol. The Kier molecular flexibility index (Phi) is 3.56. The molecular weight excluding hydrogens is 320 g/mol. The van der Waals surface area contributed by atoms with Gasteiger partial charge in [0.05, 0.1) is 10.0 Å². The van der Waals surface area contributed by atoms with E-state index in [9.17, 15) is 9.59 Å². The number of ether oxygens (including phenoxy) is 1. The average Bonchev–Trinajstić information content (AvgIpc) is 3.04. The van der Waals surface area contributed by atoms with Crippen LogP contribution in [0.1, 0.15) is 15.4 Å². The van der Waals surface area contributed by atoms with Crippen molar-refractivity contribution in [3.8, 4) is 0 Å². The van der Waals surface area contributed by atoms with Crippen molar-refractivity contribution >= 4 is 45.2 Å². The Bertz CT molecular complexity index is 836. The lowest BCUT2D eigenvalue weighted by Crippen LogP contribution is -2.14. The van der Waals surface area contributed by atoms with Crippen molar-refractivity contribution in [2.24, 2.45) is 0 Å². The number of aromatic nitrogens is 2. The summed E-state index contributed by atoms with van der Waals surface area (Å²) in [5, 5.41) is 1.77. The molecule has 0 aromatic carbocycles. The number of esters is 1. The van der Waals surface area contributed by atoms with E-state index in [0.29, 0.717) is 19.9 Å².